The van der Waals surface area contributed by atoms with Crippen molar-refractivity contribution in [3.05, 3.63) is 59.9 Å². The van der Waals surface area contributed by atoms with Crippen molar-refractivity contribution in [2.24, 2.45) is 0 Å². The Morgan fingerprint density at radius 3 is 2.49 bits per heavy atom. The van der Waals surface area contributed by atoms with E-state index < -0.39 is 64.0 Å². The lowest BCUT2D eigenvalue weighted by Crippen LogP contribution is -2.52. The fourth-order valence-electron chi connectivity index (χ4n) is 4.86. The van der Waals surface area contributed by atoms with Gasteiger partial charge < -0.3 is 15.0 Å². The number of likely N-dealkylation sites (tertiary alicyclic amines) is 1. The predicted octanol–water partition coefficient (Wildman–Crippen LogP) is 1.61. The van der Waals surface area contributed by atoms with Gasteiger partial charge >= 0.3 is 6.61 Å². The lowest BCUT2D eigenvalue weighted by atomic mass is 10.1. The van der Waals surface area contributed by atoms with Crippen molar-refractivity contribution in [1.29, 1.82) is 0 Å². The molecule has 14 heteroatoms. The van der Waals surface area contributed by atoms with Crippen LogP contribution in [0, 0.1) is 0 Å². The maximum absolute atomic E-state index is 13.5. The first-order valence-corrected chi connectivity index (χ1v) is 13.6. The van der Waals surface area contributed by atoms with Crippen molar-refractivity contribution in [3.63, 3.8) is 0 Å². The van der Waals surface area contributed by atoms with Gasteiger partial charge in [0.15, 0.2) is 5.78 Å². The van der Waals surface area contributed by atoms with Crippen LogP contribution < -0.4 is 10.1 Å². The number of Topliss-reactive ketones (excluding diaryl/α,β-unsaturated/α-hetero) is 1. The molecule has 0 saturated carbocycles. The highest BCUT2D eigenvalue weighted by Gasteiger charge is 2.55. The summed E-state index contributed by atoms with van der Waals surface area (Å²) < 4.78 is 56.1. The number of ether oxygens (including phenoxy) is 1. The summed E-state index contributed by atoms with van der Waals surface area (Å²) in [5.41, 5.74) is -0.0354. The number of alkyl halides is 2. The SMILES string of the molecule is CCCC(NC(=O)c1ccc(OC(F)F)cc1)C(=O)N1CCC2C1C(=O)CN2S(=O)(=O)C(=O)c1cccnc1. The number of carbonyl (C=O) groups is 4. The molecule has 2 amide bonds. The number of carbonyl (C=O) groups excluding carboxylic acids is 4. The first kappa shape index (κ1) is 28.2. The molecule has 0 bridgehead atoms. The Hall–Kier alpha value is -3.78. The lowest BCUT2D eigenvalue weighted by Gasteiger charge is -2.28. The van der Waals surface area contributed by atoms with Crippen LogP contribution in [-0.4, -0.2) is 83.1 Å². The molecular weight excluding hydrogens is 538 g/mol. The number of hydrogen-bond donors (Lipinski definition) is 1. The third-order valence-electron chi connectivity index (χ3n) is 6.62. The van der Waals surface area contributed by atoms with E-state index in [9.17, 15) is 36.4 Å². The molecule has 2 aliphatic rings. The van der Waals surface area contributed by atoms with E-state index in [-0.39, 0.29) is 36.3 Å². The summed E-state index contributed by atoms with van der Waals surface area (Å²) in [6.07, 6.45) is 3.40. The van der Waals surface area contributed by atoms with Gasteiger partial charge in [-0.1, -0.05) is 13.3 Å². The van der Waals surface area contributed by atoms with E-state index >= 15 is 0 Å². The van der Waals surface area contributed by atoms with Crippen LogP contribution in [0.15, 0.2) is 48.8 Å². The number of ketones is 1. The van der Waals surface area contributed by atoms with Crippen molar-refractivity contribution in [3.8, 4) is 5.75 Å². The molecule has 2 saturated heterocycles. The summed E-state index contributed by atoms with van der Waals surface area (Å²) in [5, 5.41) is 1.44. The van der Waals surface area contributed by atoms with Gasteiger partial charge in [-0.3, -0.25) is 24.2 Å². The second-order valence-electron chi connectivity index (χ2n) is 9.10. The van der Waals surface area contributed by atoms with Crippen LogP contribution in [0.25, 0.3) is 0 Å². The maximum atomic E-state index is 13.5. The second kappa shape index (κ2) is 11.5. The van der Waals surface area contributed by atoms with Gasteiger partial charge in [-0.05, 0) is 49.2 Å². The Labute approximate surface area is 223 Å². The van der Waals surface area contributed by atoms with Crippen LogP contribution in [0.3, 0.4) is 0 Å². The Bertz CT molecular complexity index is 1360. The zero-order valence-electron chi connectivity index (χ0n) is 20.8. The summed E-state index contributed by atoms with van der Waals surface area (Å²) >= 11 is 0. The van der Waals surface area contributed by atoms with Gasteiger partial charge in [0, 0.05) is 24.5 Å². The topological polar surface area (TPSA) is 143 Å². The van der Waals surface area contributed by atoms with Gasteiger partial charge in [-0.25, -0.2) is 8.42 Å². The minimum Gasteiger partial charge on any atom is -0.435 e. The zero-order chi connectivity index (χ0) is 28.3. The largest absolute Gasteiger partial charge is 0.435 e. The van der Waals surface area contributed by atoms with Crippen LogP contribution >= 0.6 is 0 Å². The quantitative estimate of drug-likeness (QED) is 0.484. The van der Waals surface area contributed by atoms with Crippen LogP contribution in [-0.2, 0) is 19.6 Å². The molecule has 0 radical (unpaired) electrons. The molecule has 39 heavy (non-hydrogen) atoms. The van der Waals surface area contributed by atoms with Crippen molar-refractivity contribution >= 4 is 32.7 Å². The molecule has 1 N–H and O–H groups in total. The fraction of sp³-hybridized carbons (Fsp3) is 0.400. The molecule has 0 aliphatic carbocycles. The first-order chi connectivity index (χ1) is 18.5. The van der Waals surface area contributed by atoms with Gasteiger partial charge in [0.1, 0.15) is 17.8 Å². The molecule has 208 valence electrons. The molecule has 3 heterocycles. The molecule has 2 fully saturated rings. The van der Waals surface area contributed by atoms with E-state index in [2.05, 4.69) is 15.0 Å². The summed E-state index contributed by atoms with van der Waals surface area (Å²) in [6.45, 7) is -1.71. The number of nitrogens with zero attached hydrogens (tertiary/aromatic N) is 3. The first-order valence-electron chi connectivity index (χ1n) is 12.2. The summed E-state index contributed by atoms with van der Waals surface area (Å²) in [5.74, 6) is -1.84. The number of nitrogens with one attached hydrogen (secondary N) is 1. The summed E-state index contributed by atoms with van der Waals surface area (Å²) in [7, 11) is -4.56. The molecule has 3 atom stereocenters. The second-order valence-corrected chi connectivity index (χ2v) is 10.9. The van der Waals surface area contributed by atoms with E-state index in [0.717, 1.165) is 10.5 Å². The normalized spacial score (nSPS) is 20.1. The fourth-order valence-corrected chi connectivity index (χ4v) is 6.36. The minimum atomic E-state index is -4.56. The lowest BCUT2D eigenvalue weighted by molar-refractivity contribution is -0.138. The number of aromatic nitrogens is 1. The van der Waals surface area contributed by atoms with Crippen LogP contribution in [0.1, 0.15) is 46.9 Å². The van der Waals surface area contributed by atoms with Crippen molar-refractivity contribution < 1.29 is 41.1 Å². The molecule has 0 spiro atoms. The van der Waals surface area contributed by atoms with Gasteiger partial charge in [0.2, 0.25) is 5.91 Å². The highest BCUT2D eigenvalue weighted by atomic mass is 32.2. The minimum absolute atomic E-state index is 0.0583. The Kier molecular flexibility index (Phi) is 8.35. The number of sulfonamides is 1. The third kappa shape index (κ3) is 5.81. The van der Waals surface area contributed by atoms with E-state index in [0.29, 0.717) is 6.42 Å². The molecule has 2 aromatic rings. The average molecular weight is 565 g/mol. The molecule has 11 nitrogen and oxygen atoms in total. The monoisotopic (exact) mass is 564 g/mol. The van der Waals surface area contributed by atoms with Crippen LogP contribution in [0.5, 0.6) is 5.75 Å². The zero-order valence-corrected chi connectivity index (χ0v) is 21.6. The molecule has 1 aromatic heterocycles. The van der Waals surface area contributed by atoms with Gasteiger partial charge in [-0.15, -0.1) is 0 Å². The van der Waals surface area contributed by atoms with Gasteiger partial charge in [-0.2, -0.15) is 13.1 Å². The van der Waals surface area contributed by atoms with E-state index in [1.807, 2.05) is 0 Å². The molecule has 2 aliphatic heterocycles. The highest BCUT2D eigenvalue weighted by Crippen LogP contribution is 2.33. The van der Waals surface area contributed by atoms with Crippen molar-refractivity contribution in [2.75, 3.05) is 13.1 Å². The van der Waals surface area contributed by atoms with E-state index in [1.165, 1.54) is 47.5 Å². The van der Waals surface area contributed by atoms with Gasteiger partial charge in [0.25, 0.3) is 21.0 Å². The summed E-state index contributed by atoms with van der Waals surface area (Å²) in [4.78, 5) is 57.0. The Balaban J connectivity index is 1.48. The standard InChI is InChI=1S/C25H26F2N4O7S/c1-2-4-18(29-22(33)15-6-8-17(9-7-15)38-25(26)27)23(34)30-12-10-19-21(30)20(32)14-31(19)39(36,37)24(35)16-5-3-11-28-13-16/h3,5-9,11,13,18-19,21,25H,2,4,10,12,14H2,1H3,(H,29,33). The predicted molar refractivity (Wildman–Crippen MR) is 132 cm³/mol. The maximum Gasteiger partial charge on any atom is 0.387 e. The third-order valence-corrected chi connectivity index (χ3v) is 8.34. The smallest absolute Gasteiger partial charge is 0.387 e. The number of rotatable bonds is 9. The Morgan fingerprint density at radius 1 is 1.15 bits per heavy atom. The summed E-state index contributed by atoms with van der Waals surface area (Å²) in [6, 6.07) is 4.65. The Morgan fingerprint density at radius 2 is 1.87 bits per heavy atom. The van der Waals surface area contributed by atoms with Crippen molar-refractivity contribution in [2.45, 2.75) is 50.9 Å². The van der Waals surface area contributed by atoms with Crippen LogP contribution in [0.4, 0.5) is 8.78 Å². The molecular formula is C25H26F2N4O7S. The van der Waals surface area contributed by atoms with E-state index in [1.54, 1.807) is 6.92 Å². The molecule has 1 aromatic carbocycles. The van der Waals surface area contributed by atoms with E-state index in [4.69, 9.17) is 0 Å². The molecule has 4 rings (SSSR count). The number of halogens is 2. The van der Waals surface area contributed by atoms with Crippen LogP contribution in [0.2, 0.25) is 0 Å². The number of hydrogen-bond acceptors (Lipinski definition) is 8. The number of benzene rings is 1. The average Bonchev–Trinajstić information content (AvgIpc) is 3.49. The van der Waals surface area contributed by atoms with Crippen molar-refractivity contribution in [1.82, 2.24) is 19.5 Å². The number of amides is 2. The number of fused-ring (bicyclic) bond motifs is 1. The highest BCUT2D eigenvalue weighted by molar-refractivity contribution is 8.04. The number of pyridine rings is 1. The molecule has 3 unspecified atom stereocenters. The van der Waals surface area contributed by atoms with Gasteiger partial charge in [0.05, 0.1) is 18.2 Å².